The minimum atomic E-state index is -0.135. The average molecular weight is 311 g/mol. The van der Waals surface area contributed by atoms with Gasteiger partial charge in [0.15, 0.2) is 0 Å². The van der Waals surface area contributed by atoms with Crippen molar-refractivity contribution in [2.45, 2.75) is 72.4 Å². The molecule has 1 heterocycles. The van der Waals surface area contributed by atoms with Crippen LogP contribution in [0, 0.1) is 12.3 Å². The van der Waals surface area contributed by atoms with E-state index in [0.717, 1.165) is 32.5 Å². The molecule has 0 atom stereocenters. The molecule has 1 aromatic rings. The lowest BCUT2D eigenvalue weighted by atomic mass is 9.71. The second-order valence-electron chi connectivity index (χ2n) is 6.90. The fourth-order valence-electron chi connectivity index (χ4n) is 3.05. The molecule has 0 aromatic carbocycles. The molecule has 4 heteroatoms. The summed E-state index contributed by atoms with van der Waals surface area (Å²) >= 11 is 1.85. The van der Waals surface area contributed by atoms with E-state index in [1.54, 1.807) is 0 Å². The summed E-state index contributed by atoms with van der Waals surface area (Å²) in [6.07, 6.45) is 4.63. The van der Waals surface area contributed by atoms with Crippen LogP contribution in [0.1, 0.15) is 69.0 Å². The molecule has 0 spiro atoms. The highest BCUT2D eigenvalue weighted by atomic mass is 32.1. The second-order valence-corrected chi connectivity index (χ2v) is 7.98. The van der Waals surface area contributed by atoms with Crippen LogP contribution in [0.2, 0.25) is 0 Å². The van der Waals surface area contributed by atoms with Crippen molar-refractivity contribution in [3.8, 4) is 0 Å². The maximum Gasteiger partial charge on any atom is 0.125 e. The number of hydrogen-bond acceptors (Lipinski definition) is 4. The molecule has 0 bridgehead atoms. The zero-order valence-corrected chi connectivity index (χ0v) is 15.0. The van der Waals surface area contributed by atoms with Gasteiger partial charge in [0.1, 0.15) is 10.6 Å². The van der Waals surface area contributed by atoms with Gasteiger partial charge in [-0.1, -0.05) is 20.8 Å². The van der Waals surface area contributed by atoms with E-state index in [9.17, 15) is 0 Å². The molecular weight excluding hydrogens is 280 g/mol. The molecule has 2 rings (SSSR count). The van der Waals surface area contributed by atoms with Crippen LogP contribution in [-0.4, -0.2) is 18.1 Å². The fraction of sp³-hybridized carbons (Fsp3) is 0.824. The monoisotopic (exact) mass is 310 g/mol. The van der Waals surface area contributed by atoms with E-state index >= 15 is 0 Å². The minimum Gasteiger partial charge on any atom is -0.368 e. The maximum atomic E-state index is 6.25. The first-order valence-electron chi connectivity index (χ1n) is 8.24. The Labute approximate surface area is 133 Å². The Hall–Kier alpha value is -0.450. The summed E-state index contributed by atoms with van der Waals surface area (Å²) in [5.74, 6) is 0. The first-order chi connectivity index (χ1) is 9.92. The summed E-state index contributed by atoms with van der Waals surface area (Å²) in [6.45, 7) is 13.8. The fourth-order valence-corrected chi connectivity index (χ4v) is 4.28. The van der Waals surface area contributed by atoms with Gasteiger partial charge in [0.25, 0.3) is 0 Å². The summed E-state index contributed by atoms with van der Waals surface area (Å²) < 4.78 is 6.25. The van der Waals surface area contributed by atoms with Crippen LogP contribution in [0.5, 0.6) is 0 Å². The van der Waals surface area contributed by atoms with Crippen molar-refractivity contribution in [1.82, 2.24) is 10.3 Å². The molecule has 0 unspecified atom stereocenters. The molecule has 0 saturated heterocycles. The van der Waals surface area contributed by atoms with Crippen molar-refractivity contribution in [1.29, 1.82) is 0 Å². The van der Waals surface area contributed by atoms with E-state index in [-0.39, 0.29) is 5.60 Å². The van der Waals surface area contributed by atoms with Crippen LogP contribution in [0.3, 0.4) is 0 Å². The van der Waals surface area contributed by atoms with Gasteiger partial charge in [-0.15, -0.1) is 11.3 Å². The predicted molar refractivity (Wildman–Crippen MR) is 89.8 cm³/mol. The van der Waals surface area contributed by atoms with Gasteiger partial charge in [0.05, 0.1) is 5.69 Å². The van der Waals surface area contributed by atoms with Crippen LogP contribution in [0.15, 0.2) is 0 Å². The topological polar surface area (TPSA) is 34.1 Å². The van der Waals surface area contributed by atoms with E-state index in [1.165, 1.54) is 28.4 Å². The SMILES string of the molecule is CCNCc1sc(C2(OCC)CCC(C)(C)CC2)nc1C. The highest BCUT2D eigenvalue weighted by molar-refractivity contribution is 7.11. The number of aromatic nitrogens is 1. The number of thiazole rings is 1. The van der Waals surface area contributed by atoms with E-state index in [0.29, 0.717) is 5.41 Å². The Kier molecular flexibility index (Phi) is 5.44. The number of nitrogens with one attached hydrogen (secondary N) is 1. The normalized spacial score (nSPS) is 20.6. The first kappa shape index (κ1) is 16.9. The van der Waals surface area contributed by atoms with E-state index in [1.807, 2.05) is 11.3 Å². The molecule has 120 valence electrons. The molecule has 1 aromatic heterocycles. The third-order valence-electron chi connectivity index (χ3n) is 4.65. The molecule has 0 radical (unpaired) electrons. The summed E-state index contributed by atoms with van der Waals surface area (Å²) in [7, 11) is 0. The van der Waals surface area contributed by atoms with Gasteiger partial charge in [-0.25, -0.2) is 4.98 Å². The van der Waals surface area contributed by atoms with Crippen molar-refractivity contribution in [3.63, 3.8) is 0 Å². The number of rotatable bonds is 6. The van der Waals surface area contributed by atoms with Crippen LogP contribution in [-0.2, 0) is 16.9 Å². The quantitative estimate of drug-likeness (QED) is 0.846. The highest BCUT2D eigenvalue weighted by Gasteiger charge is 2.42. The van der Waals surface area contributed by atoms with Gasteiger partial charge in [0.2, 0.25) is 0 Å². The lowest BCUT2D eigenvalue weighted by Crippen LogP contribution is -2.37. The standard InChI is InChI=1S/C17H30N2OS/c1-6-18-12-14-13(3)19-15(21-14)17(20-7-2)10-8-16(4,5)9-11-17/h18H,6-12H2,1-5H3. The molecule has 1 fully saturated rings. The van der Waals surface area contributed by atoms with Gasteiger partial charge in [0, 0.05) is 18.0 Å². The van der Waals surface area contributed by atoms with Crippen molar-refractivity contribution in [2.75, 3.05) is 13.2 Å². The number of hydrogen-bond donors (Lipinski definition) is 1. The summed E-state index contributed by atoms with van der Waals surface area (Å²) in [4.78, 5) is 6.24. The Morgan fingerprint density at radius 2 is 1.86 bits per heavy atom. The summed E-state index contributed by atoms with van der Waals surface area (Å²) in [5.41, 5.74) is 1.48. The molecule has 1 N–H and O–H groups in total. The summed E-state index contributed by atoms with van der Waals surface area (Å²) in [5, 5.41) is 4.61. The number of nitrogens with zero attached hydrogens (tertiary/aromatic N) is 1. The van der Waals surface area contributed by atoms with Crippen molar-refractivity contribution in [3.05, 3.63) is 15.6 Å². The van der Waals surface area contributed by atoms with Crippen LogP contribution < -0.4 is 5.32 Å². The largest absolute Gasteiger partial charge is 0.368 e. The maximum absolute atomic E-state index is 6.25. The molecule has 21 heavy (non-hydrogen) atoms. The second kappa shape index (κ2) is 6.76. The van der Waals surface area contributed by atoms with Crippen LogP contribution in [0.25, 0.3) is 0 Å². The van der Waals surface area contributed by atoms with Crippen LogP contribution >= 0.6 is 11.3 Å². The zero-order valence-electron chi connectivity index (χ0n) is 14.2. The number of ether oxygens (including phenoxy) is 1. The van der Waals surface area contributed by atoms with E-state index < -0.39 is 0 Å². The Morgan fingerprint density at radius 3 is 2.43 bits per heavy atom. The van der Waals surface area contributed by atoms with Crippen LogP contribution in [0.4, 0.5) is 0 Å². The smallest absolute Gasteiger partial charge is 0.125 e. The van der Waals surface area contributed by atoms with Gasteiger partial charge >= 0.3 is 0 Å². The average Bonchev–Trinajstić information content (AvgIpc) is 2.81. The molecule has 0 amide bonds. The van der Waals surface area contributed by atoms with Crippen molar-refractivity contribution >= 4 is 11.3 Å². The molecule has 1 saturated carbocycles. The van der Waals surface area contributed by atoms with Crippen molar-refractivity contribution < 1.29 is 4.74 Å². The third-order valence-corrected chi connectivity index (χ3v) is 5.99. The lowest BCUT2D eigenvalue weighted by molar-refractivity contribution is -0.0890. The van der Waals surface area contributed by atoms with Gasteiger partial charge in [-0.05, 0) is 51.5 Å². The first-order valence-corrected chi connectivity index (χ1v) is 9.05. The van der Waals surface area contributed by atoms with Gasteiger partial charge < -0.3 is 10.1 Å². The summed E-state index contributed by atoms with van der Waals surface area (Å²) in [6, 6.07) is 0. The molecular formula is C17H30N2OS. The molecule has 1 aliphatic carbocycles. The number of aryl methyl sites for hydroxylation is 1. The molecule has 3 nitrogen and oxygen atoms in total. The Bertz CT molecular complexity index is 457. The highest BCUT2D eigenvalue weighted by Crippen LogP contribution is 2.48. The Balaban J connectivity index is 2.22. The van der Waals surface area contributed by atoms with Crippen molar-refractivity contribution in [2.24, 2.45) is 5.41 Å². The lowest BCUT2D eigenvalue weighted by Gasteiger charge is -2.42. The predicted octanol–water partition coefficient (Wildman–Crippen LogP) is 4.39. The minimum absolute atomic E-state index is 0.135. The van der Waals surface area contributed by atoms with E-state index in [2.05, 4.69) is 39.9 Å². The van der Waals surface area contributed by atoms with Gasteiger partial charge in [-0.3, -0.25) is 0 Å². The molecule has 1 aliphatic rings. The third kappa shape index (κ3) is 3.85. The Morgan fingerprint density at radius 1 is 1.19 bits per heavy atom. The van der Waals surface area contributed by atoms with E-state index in [4.69, 9.17) is 9.72 Å². The zero-order chi connectivity index (χ0) is 15.5. The molecule has 0 aliphatic heterocycles. The van der Waals surface area contributed by atoms with Gasteiger partial charge in [-0.2, -0.15) is 0 Å².